The lowest BCUT2D eigenvalue weighted by atomic mass is 10.3. The molecule has 128 valence electrons. The molecular weight excluding hydrogens is 330 g/mol. The van der Waals surface area contributed by atoms with Gasteiger partial charge in [-0.2, -0.15) is 5.10 Å². The van der Waals surface area contributed by atoms with Crippen LogP contribution in [-0.4, -0.2) is 15.7 Å². The van der Waals surface area contributed by atoms with Gasteiger partial charge in [-0.05, 0) is 44.2 Å². The molecule has 0 saturated carbocycles. The van der Waals surface area contributed by atoms with Gasteiger partial charge in [0, 0.05) is 28.5 Å². The van der Waals surface area contributed by atoms with Gasteiger partial charge in [0.1, 0.15) is 0 Å². The zero-order valence-corrected chi connectivity index (χ0v) is 15.2. The molecule has 0 aliphatic heterocycles. The van der Waals surface area contributed by atoms with Crippen LogP contribution in [0, 0.1) is 13.8 Å². The summed E-state index contributed by atoms with van der Waals surface area (Å²) >= 11 is 1.64. The lowest BCUT2D eigenvalue weighted by Gasteiger charge is -2.11. The monoisotopic (exact) mass is 351 g/mol. The van der Waals surface area contributed by atoms with Crippen molar-refractivity contribution < 1.29 is 4.79 Å². The normalized spacial score (nSPS) is 10.6. The molecule has 0 radical (unpaired) electrons. The number of hydrogen-bond donors (Lipinski definition) is 1. The van der Waals surface area contributed by atoms with Crippen LogP contribution in [0.4, 0.5) is 5.69 Å². The molecule has 0 unspecified atom stereocenters. The summed E-state index contributed by atoms with van der Waals surface area (Å²) in [5.74, 6) is -0.00587. The first-order chi connectivity index (χ1) is 12.1. The molecule has 1 heterocycles. The average molecular weight is 351 g/mol. The minimum absolute atomic E-state index is 0.00587. The van der Waals surface area contributed by atoms with Crippen LogP contribution >= 0.6 is 11.8 Å². The van der Waals surface area contributed by atoms with Crippen molar-refractivity contribution in [1.29, 1.82) is 0 Å². The molecule has 0 saturated heterocycles. The maximum atomic E-state index is 12.3. The van der Waals surface area contributed by atoms with Crippen LogP contribution in [0.1, 0.15) is 17.8 Å². The Bertz CT molecular complexity index is 858. The Morgan fingerprint density at radius 2 is 1.80 bits per heavy atom. The van der Waals surface area contributed by atoms with Gasteiger partial charge in [-0.3, -0.25) is 9.48 Å². The number of rotatable bonds is 6. The molecular formula is C20H21N3OS. The first-order valence-electron chi connectivity index (χ1n) is 8.24. The number of carbonyl (C=O) groups excluding carboxylic acids is 1. The molecule has 1 N–H and O–H groups in total. The highest BCUT2D eigenvalue weighted by Gasteiger charge is 2.09. The zero-order chi connectivity index (χ0) is 17.6. The van der Waals surface area contributed by atoms with Gasteiger partial charge in [-0.25, -0.2) is 0 Å². The lowest BCUT2D eigenvalue weighted by Crippen LogP contribution is -2.16. The van der Waals surface area contributed by atoms with E-state index in [1.54, 1.807) is 11.8 Å². The van der Waals surface area contributed by atoms with Gasteiger partial charge in [0.05, 0.1) is 11.4 Å². The summed E-state index contributed by atoms with van der Waals surface area (Å²) in [7, 11) is 0. The Kier molecular flexibility index (Phi) is 5.56. The van der Waals surface area contributed by atoms with Gasteiger partial charge in [0.15, 0.2) is 0 Å². The van der Waals surface area contributed by atoms with Crippen LogP contribution in [-0.2, 0) is 11.3 Å². The fourth-order valence-electron chi connectivity index (χ4n) is 2.60. The van der Waals surface area contributed by atoms with Crippen molar-refractivity contribution in [1.82, 2.24) is 9.78 Å². The number of benzene rings is 2. The minimum Gasteiger partial charge on any atom is -0.325 e. The molecule has 0 aliphatic carbocycles. The summed E-state index contributed by atoms with van der Waals surface area (Å²) in [5.41, 5.74) is 2.89. The SMILES string of the molecule is Cc1cc(C)n(CCC(=O)Nc2ccccc2Sc2ccccc2)n1. The fraction of sp³-hybridized carbons (Fsp3) is 0.200. The number of aromatic nitrogens is 2. The molecule has 0 aliphatic rings. The van der Waals surface area contributed by atoms with Crippen LogP contribution < -0.4 is 5.32 Å². The van der Waals surface area contributed by atoms with Crippen LogP contribution in [0.5, 0.6) is 0 Å². The molecule has 5 heteroatoms. The Labute approximate surface area is 152 Å². The number of amides is 1. The quantitative estimate of drug-likeness (QED) is 0.701. The second-order valence-corrected chi connectivity index (χ2v) is 6.98. The Morgan fingerprint density at radius 1 is 1.08 bits per heavy atom. The predicted molar refractivity (Wildman–Crippen MR) is 102 cm³/mol. The molecule has 2 aromatic carbocycles. The van der Waals surface area contributed by atoms with Crippen molar-refractivity contribution in [3.63, 3.8) is 0 Å². The van der Waals surface area contributed by atoms with Crippen LogP contribution in [0.2, 0.25) is 0 Å². The lowest BCUT2D eigenvalue weighted by molar-refractivity contribution is -0.116. The standard InChI is InChI=1S/C20H21N3OS/c1-15-14-16(2)23(22-15)13-12-20(24)21-18-10-6-7-11-19(18)25-17-8-4-3-5-9-17/h3-11,14H,12-13H2,1-2H3,(H,21,24). The highest BCUT2D eigenvalue weighted by atomic mass is 32.2. The second-order valence-electron chi connectivity index (χ2n) is 5.86. The predicted octanol–water partition coefficient (Wildman–Crippen LogP) is 4.68. The third kappa shape index (κ3) is 4.73. The Hall–Kier alpha value is -2.53. The summed E-state index contributed by atoms with van der Waals surface area (Å²) in [6, 6.07) is 20.0. The van der Waals surface area contributed by atoms with Crippen LogP contribution in [0.3, 0.4) is 0 Å². The van der Waals surface area contributed by atoms with Gasteiger partial charge in [0.2, 0.25) is 5.91 Å². The van der Waals surface area contributed by atoms with E-state index >= 15 is 0 Å². The number of nitrogens with one attached hydrogen (secondary N) is 1. The number of carbonyl (C=O) groups is 1. The number of aryl methyl sites for hydroxylation is 3. The third-order valence-corrected chi connectivity index (χ3v) is 4.87. The fourth-order valence-corrected chi connectivity index (χ4v) is 3.52. The topological polar surface area (TPSA) is 46.9 Å². The Balaban J connectivity index is 1.64. The summed E-state index contributed by atoms with van der Waals surface area (Å²) in [6.45, 7) is 4.55. The van der Waals surface area contributed by atoms with Crippen molar-refractivity contribution in [2.24, 2.45) is 0 Å². The van der Waals surface area contributed by atoms with Crippen molar-refractivity contribution in [2.75, 3.05) is 5.32 Å². The molecule has 0 atom stereocenters. The second kappa shape index (κ2) is 8.03. The summed E-state index contributed by atoms with van der Waals surface area (Å²) < 4.78 is 1.87. The molecule has 25 heavy (non-hydrogen) atoms. The van der Waals surface area contributed by atoms with Gasteiger partial charge < -0.3 is 5.32 Å². The summed E-state index contributed by atoms with van der Waals surface area (Å²) in [5, 5.41) is 7.42. The smallest absolute Gasteiger partial charge is 0.226 e. The molecule has 3 aromatic rings. The van der Waals surface area contributed by atoms with Crippen molar-refractivity contribution >= 4 is 23.4 Å². The minimum atomic E-state index is -0.00587. The number of hydrogen-bond acceptors (Lipinski definition) is 3. The number of anilines is 1. The molecule has 4 nitrogen and oxygen atoms in total. The van der Waals surface area contributed by atoms with E-state index in [0.29, 0.717) is 13.0 Å². The first kappa shape index (κ1) is 17.3. The van der Waals surface area contributed by atoms with E-state index < -0.39 is 0 Å². The number of para-hydroxylation sites is 1. The Morgan fingerprint density at radius 3 is 2.52 bits per heavy atom. The van der Waals surface area contributed by atoms with Gasteiger partial charge >= 0.3 is 0 Å². The van der Waals surface area contributed by atoms with Crippen molar-refractivity contribution in [3.8, 4) is 0 Å². The molecule has 0 bridgehead atoms. The van der Waals surface area contributed by atoms with Gasteiger partial charge in [-0.1, -0.05) is 42.1 Å². The largest absolute Gasteiger partial charge is 0.325 e. The van der Waals surface area contributed by atoms with E-state index in [-0.39, 0.29) is 5.91 Å². The first-order valence-corrected chi connectivity index (χ1v) is 9.06. The van der Waals surface area contributed by atoms with Crippen molar-refractivity contribution in [2.45, 2.75) is 36.6 Å². The van der Waals surface area contributed by atoms with E-state index in [9.17, 15) is 4.79 Å². The van der Waals surface area contributed by atoms with E-state index in [1.807, 2.05) is 67.1 Å². The molecule has 0 spiro atoms. The average Bonchev–Trinajstić information content (AvgIpc) is 2.93. The maximum absolute atomic E-state index is 12.3. The third-order valence-electron chi connectivity index (χ3n) is 3.79. The highest BCUT2D eigenvalue weighted by molar-refractivity contribution is 7.99. The van der Waals surface area contributed by atoms with Crippen LogP contribution in [0.25, 0.3) is 0 Å². The molecule has 0 fully saturated rings. The van der Waals surface area contributed by atoms with Crippen LogP contribution in [0.15, 0.2) is 70.5 Å². The maximum Gasteiger partial charge on any atom is 0.226 e. The van der Waals surface area contributed by atoms with Gasteiger partial charge in [-0.15, -0.1) is 0 Å². The van der Waals surface area contributed by atoms with E-state index in [1.165, 1.54) is 0 Å². The summed E-state index contributed by atoms with van der Waals surface area (Å²) in [4.78, 5) is 14.5. The van der Waals surface area contributed by atoms with E-state index in [4.69, 9.17) is 0 Å². The molecule has 1 aromatic heterocycles. The van der Waals surface area contributed by atoms with Gasteiger partial charge in [0.25, 0.3) is 0 Å². The molecule has 3 rings (SSSR count). The summed E-state index contributed by atoms with van der Waals surface area (Å²) in [6.07, 6.45) is 0.395. The van der Waals surface area contributed by atoms with E-state index in [2.05, 4.69) is 22.5 Å². The molecule has 1 amide bonds. The van der Waals surface area contributed by atoms with Crippen molar-refractivity contribution in [3.05, 3.63) is 72.1 Å². The highest BCUT2D eigenvalue weighted by Crippen LogP contribution is 2.33. The number of nitrogens with zero attached hydrogens (tertiary/aromatic N) is 2. The zero-order valence-electron chi connectivity index (χ0n) is 14.4. The van der Waals surface area contributed by atoms with E-state index in [0.717, 1.165) is 26.9 Å².